The highest BCUT2D eigenvalue weighted by molar-refractivity contribution is 6.26. The van der Waals surface area contributed by atoms with E-state index in [1.807, 2.05) is 0 Å². The second-order valence-corrected chi connectivity index (χ2v) is 16.4. The fourth-order valence-corrected chi connectivity index (χ4v) is 10.3. The monoisotopic (exact) mass is 802 g/mol. The predicted molar refractivity (Wildman–Crippen MR) is 259 cm³/mol. The summed E-state index contributed by atoms with van der Waals surface area (Å²) in [6.07, 6.45) is 0. The van der Waals surface area contributed by atoms with Gasteiger partial charge in [-0.3, -0.25) is 9.13 Å². The molecule has 63 heavy (non-hydrogen) atoms. The van der Waals surface area contributed by atoms with E-state index in [-0.39, 0.29) is 0 Å². The second-order valence-electron chi connectivity index (χ2n) is 16.4. The lowest BCUT2D eigenvalue weighted by Gasteiger charge is -2.13. The smallest absolute Gasteiger partial charge is 0.240 e. The Morgan fingerprint density at radius 1 is 0.286 bits per heavy atom. The van der Waals surface area contributed by atoms with Gasteiger partial charge in [0.1, 0.15) is 0 Å². The average Bonchev–Trinajstić information content (AvgIpc) is 4.08. The van der Waals surface area contributed by atoms with Crippen LogP contribution in [0.1, 0.15) is 0 Å². The summed E-state index contributed by atoms with van der Waals surface area (Å²) in [6.45, 7) is 0. The summed E-state index contributed by atoms with van der Waals surface area (Å²) in [6, 6.07) is 73.6. The molecule has 5 heterocycles. The zero-order valence-corrected chi connectivity index (χ0v) is 33.8. The first kappa shape index (κ1) is 34.1. The molecule has 0 radical (unpaired) electrons. The first-order valence-corrected chi connectivity index (χ1v) is 21.4. The molecule has 0 aliphatic heterocycles. The summed E-state index contributed by atoms with van der Waals surface area (Å²) in [5.41, 5.74) is 13.3. The van der Waals surface area contributed by atoms with Crippen molar-refractivity contribution in [2.75, 3.05) is 0 Å². The van der Waals surface area contributed by atoms with Crippen molar-refractivity contribution < 1.29 is 0 Å². The van der Waals surface area contributed by atoms with Crippen LogP contribution >= 0.6 is 0 Å². The van der Waals surface area contributed by atoms with Crippen LogP contribution in [0.3, 0.4) is 0 Å². The minimum Gasteiger partial charge on any atom is -0.308 e. The Morgan fingerprint density at radius 3 is 1.25 bits per heavy atom. The third-order valence-corrected chi connectivity index (χ3v) is 13.1. The molecular weight excluding hydrogens is 769 g/mol. The molecule has 0 saturated heterocycles. The largest absolute Gasteiger partial charge is 0.308 e. The average molecular weight is 803 g/mol. The van der Waals surface area contributed by atoms with E-state index in [2.05, 4.69) is 220 Å². The Balaban J connectivity index is 1.10. The molecule has 6 nitrogen and oxygen atoms in total. The molecular formula is C57H34N6. The van der Waals surface area contributed by atoms with Crippen molar-refractivity contribution >= 4 is 81.7 Å². The number of nitrogens with zero attached hydrogens (tertiary/aromatic N) is 6. The molecule has 14 rings (SSSR count). The fraction of sp³-hybridized carbons (Fsp3) is 0. The van der Waals surface area contributed by atoms with E-state index in [4.69, 9.17) is 15.0 Å². The molecule has 0 amide bonds. The quantitative estimate of drug-likeness (QED) is 0.174. The lowest BCUT2D eigenvalue weighted by atomic mass is 10.0. The summed E-state index contributed by atoms with van der Waals surface area (Å²) >= 11 is 0. The molecule has 6 heteroatoms. The Morgan fingerprint density at radius 2 is 0.714 bits per heavy atom. The molecule has 0 fully saturated rings. The maximum atomic E-state index is 5.53. The van der Waals surface area contributed by atoms with Gasteiger partial charge >= 0.3 is 0 Å². The van der Waals surface area contributed by atoms with Gasteiger partial charge in [0, 0.05) is 48.7 Å². The highest BCUT2D eigenvalue weighted by Crippen LogP contribution is 2.44. The highest BCUT2D eigenvalue weighted by Gasteiger charge is 2.25. The van der Waals surface area contributed by atoms with Crippen LogP contribution in [0, 0.1) is 0 Å². The molecule has 5 aromatic heterocycles. The van der Waals surface area contributed by atoms with Crippen LogP contribution in [0.4, 0.5) is 0 Å². The Hall–Kier alpha value is -8.61. The van der Waals surface area contributed by atoms with Crippen LogP contribution in [-0.2, 0) is 0 Å². The molecule has 0 aliphatic rings. The summed E-state index contributed by atoms with van der Waals surface area (Å²) < 4.78 is 6.85. The van der Waals surface area contributed by atoms with Gasteiger partial charge in [-0.2, -0.15) is 15.0 Å². The normalized spacial score (nSPS) is 12.1. The first-order valence-electron chi connectivity index (χ1n) is 21.4. The maximum absolute atomic E-state index is 5.53. The van der Waals surface area contributed by atoms with Gasteiger partial charge in [0.25, 0.3) is 0 Å². The molecule has 0 unspecified atom stereocenters. The molecule has 0 atom stereocenters. The molecule has 0 N–H and O–H groups in total. The van der Waals surface area contributed by atoms with Crippen molar-refractivity contribution in [3.05, 3.63) is 206 Å². The van der Waals surface area contributed by atoms with Crippen molar-refractivity contribution in [3.63, 3.8) is 0 Å². The minimum absolute atomic E-state index is 0.555. The Labute approximate surface area is 360 Å². The Kier molecular flexibility index (Phi) is 7.02. The lowest BCUT2D eigenvalue weighted by Crippen LogP contribution is -2.10. The van der Waals surface area contributed by atoms with Crippen molar-refractivity contribution in [1.29, 1.82) is 0 Å². The van der Waals surface area contributed by atoms with Gasteiger partial charge in [0.05, 0.1) is 38.6 Å². The van der Waals surface area contributed by atoms with Gasteiger partial charge < -0.3 is 4.40 Å². The van der Waals surface area contributed by atoms with E-state index >= 15 is 0 Å². The number of para-hydroxylation sites is 4. The summed E-state index contributed by atoms with van der Waals surface area (Å²) in [7, 11) is 0. The highest BCUT2D eigenvalue weighted by atomic mass is 15.3. The van der Waals surface area contributed by atoms with Crippen molar-refractivity contribution in [2.24, 2.45) is 0 Å². The number of aromatic nitrogens is 6. The summed E-state index contributed by atoms with van der Waals surface area (Å²) in [4.78, 5) is 16.6. The van der Waals surface area contributed by atoms with Gasteiger partial charge in [-0.1, -0.05) is 152 Å². The Bertz CT molecular complexity index is 3960. The third-order valence-electron chi connectivity index (χ3n) is 13.1. The van der Waals surface area contributed by atoms with Gasteiger partial charge in [0.2, 0.25) is 11.9 Å². The molecule has 0 saturated carbocycles. The summed E-state index contributed by atoms with van der Waals surface area (Å²) in [5.74, 6) is 1.72. The zero-order chi connectivity index (χ0) is 41.2. The van der Waals surface area contributed by atoms with Crippen LogP contribution in [0.25, 0.3) is 127 Å². The van der Waals surface area contributed by atoms with Crippen molar-refractivity contribution in [3.8, 4) is 45.5 Å². The molecule has 292 valence electrons. The maximum Gasteiger partial charge on any atom is 0.240 e. The summed E-state index contributed by atoms with van der Waals surface area (Å²) in [5, 5.41) is 9.29. The van der Waals surface area contributed by atoms with Gasteiger partial charge in [-0.05, 0) is 76.9 Å². The fourth-order valence-electron chi connectivity index (χ4n) is 10.3. The van der Waals surface area contributed by atoms with Gasteiger partial charge in [-0.15, -0.1) is 0 Å². The molecule has 0 aliphatic carbocycles. The van der Waals surface area contributed by atoms with E-state index in [9.17, 15) is 0 Å². The SMILES string of the molecule is c1ccc(-c2ccc3c(c2)c2ccccc2n3-c2nc(-c3ccc4c5ccccc5n5c6ccccc6c3c45)nc(-n3c4ccccc4c4cc(-c5ccccc5)ccc43)n2)cc1. The number of rotatable bonds is 5. The van der Waals surface area contributed by atoms with E-state index in [1.165, 1.54) is 32.9 Å². The molecule has 0 bridgehead atoms. The van der Waals surface area contributed by atoms with Crippen LogP contribution < -0.4 is 0 Å². The van der Waals surface area contributed by atoms with Crippen LogP contribution in [0.15, 0.2) is 206 Å². The standard InChI is InChI=1S/C57H34N6/c1-3-15-35(16-4-1)37-27-31-51-45(33-37)40-20-8-12-24-48(40)62(51)56-58-55(44-30-29-42-39-19-7-11-23-47(39)61-50-26-14-10-22-43(50)53(44)54(42)61)59-57(60-56)63-49-25-13-9-21-41(49)46-34-38(28-32-52(46)63)36-17-5-2-6-18-36/h1-34H. The number of hydrogen-bond donors (Lipinski definition) is 0. The second kappa shape index (κ2) is 12.9. The van der Waals surface area contributed by atoms with Crippen LogP contribution in [0.5, 0.6) is 0 Å². The van der Waals surface area contributed by atoms with E-state index in [0.29, 0.717) is 17.7 Å². The van der Waals surface area contributed by atoms with Crippen molar-refractivity contribution in [2.45, 2.75) is 0 Å². The lowest BCUT2D eigenvalue weighted by molar-refractivity contribution is 0.893. The molecule has 0 spiro atoms. The van der Waals surface area contributed by atoms with Gasteiger partial charge in [0.15, 0.2) is 5.82 Å². The van der Waals surface area contributed by atoms with Gasteiger partial charge in [-0.25, -0.2) is 0 Å². The minimum atomic E-state index is 0.555. The zero-order valence-electron chi connectivity index (χ0n) is 33.8. The van der Waals surface area contributed by atoms with E-state index in [0.717, 1.165) is 76.6 Å². The topological polar surface area (TPSA) is 52.9 Å². The van der Waals surface area contributed by atoms with Crippen LogP contribution in [-0.4, -0.2) is 28.5 Å². The third kappa shape index (κ3) is 4.86. The van der Waals surface area contributed by atoms with Crippen molar-refractivity contribution in [1.82, 2.24) is 28.5 Å². The molecule has 14 aromatic rings. The number of fused-ring (bicyclic) bond motifs is 12. The first-order chi connectivity index (χ1) is 31.3. The number of benzene rings is 9. The van der Waals surface area contributed by atoms with Crippen LogP contribution in [0.2, 0.25) is 0 Å². The number of hydrogen-bond acceptors (Lipinski definition) is 3. The molecule has 9 aromatic carbocycles. The van der Waals surface area contributed by atoms with E-state index < -0.39 is 0 Å². The van der Waals surface area contributed by atoms with E-state index in [1.54, 1.807) is 0 Å². The predicted octanol–water partition coefficient (Wildman–Crippen LogP) is 14.2.